The molecule has 1 unspecified atom stereocenters. The molecule has 1 aromatic carbocycles. The van der Waals surface area contributed by atoms with Crippen molar-refractivity contribution in [1.82, 2.24) is 30.0 Å². The molecular formula is C26H26F3N7O4. The second-order valence-electron chi connectivity index (χ2n) is 9.45. The van der Waals surface area contributed by atoms with Gasteiger partial charge < -0.3 is 20.1 Å². The van der Waals surface area contributed by atoms with Crippen molar-refractivity contribution < 1.29 is 32.6 Å². The van der Waals surface area contributed by atoms with E-state index in [4.69, 9.17) is 9.84 Å². The van der Waals surface area contributed by atoms with Gasteiger partial charge in [-0.2, -0.15) is 10.2 Å². The van der Waals surface area contributed by atoms with Crippen LogP contribution < -0.4 is 10.1 Å². The largest absolute Gasteiger partial charge is 0.483 e. The molecule has 1 fully saturated rings. The minimum atomic E-state index is -0.743. The fourth-order valence-corrected chi connectivity index (χ4v) is 4.72. The number of aryl methyl sites for hydroxylation is 1. The highest BCUT2D eigenvalue weighted by atomic mass is 19.1. The first-order chi connectivity index (χ1) is 19.2. The Labute approximate surface area is 226 Å². The summed E-state index contributed by atoms with van der Waals surface area (Å²) in [4.78, 5) is 31.0. The number of likely N-dealkylation sites (tertiary alicyclic amines) is 1. The van der Waals surface area contributed by atoms with Crippen LogP contribution in [0.1, 0.15) is 34.1 Å². The van der Waals surface area contributed by atoms with Gasteiger partial charge in [0.1, 0.15) is 29.1 Å². The molecule has 2 aliphatic heterocycles. The number of aliphatic hydroxyl groups is 1. The zero-order valence-corrected chi connectivity index (χ0v) is 21.6. The van der Waals surface area contributed by atoms with Gasteiger partial charge in [-0.3, -0.25) is 14.5 Å². The molecule has 5 rings (SSSR count). The molecule has 2 aromatic heterocycles. The lowest BCUT2D eigenvalue weighted by Gasteiger charge is -2.41. The number of urea groups is 1. The average molecular weight is 558 g/mol. The zero-order chi connectivity index (χ0) is 28.6. The third-order valence-corrected chi connectivity index (χ3v) is 6.67. The van der Waals surface area contributed by atoms with Gasteiger partial charge in [-0.1, -0.05) is 0 Å². The van der Waals surface area contributed by atoms with E-state index in [1.54, 1.807) is 14.0 Å². The fraction of sp³-hybridized carbons (Fsp3) is 0.346. The predicted octanol–water partition coefficient (Wildman–Crippen LogP) is 2.55. The minimum Gasteiger partial charge on any atom is -0.483 e. The Morgan fingerprint density at radius 3 is 2.58 bits per heavy atom. The second-order valence-corrected chi connectivity index (χ2v) is 9.45. The van der Waals surface area contributed by atoms with Crippen LogP contribution in [0, 0.1) is 24.4 Å². The molecular weight excluding hydrogens is 531 g/mol. The quantitative estimate of drug-likeness (QED) is 0.460. The normalized spacial score (nSPS) is 16.8. The number of carbonyl (C=O) groups excluding carboxylic acids is 2. The van der Waals surface area contributed by atoms with Gasteiger partial charge in [-0.15, -0.1) is 0 Å². The van der Waals surface area contributed by atoms with Gasteiger partial charge in [0.2, 0.25) is 0 Å². The number of aromatic nitrogens is 3. The average Bonchev–Trinajstić information content (AvgIpc) is 3.49. The molecule has 210 valence electrons. The van der Waals surface area contributed by atoms with Crippen molar-refractivity contribution in [3.8, 4) is 17.1 Å². The smallest absolute Gasteiger partial charge is 0.341 e. The first-order valence-corrected chi connectivity index (χ1v) is 12.5. The molecule has 3 amide bonds. The van der Waals surface area contributed by atoms with Crippen molar-refractivity contribution in [2.24, 2.45) is 12.1 Å². The maximum atomic E-state index is 14.6. The number of hydrazone groups is 1. The third kappa shape index (κ3) is 5.21. The van der Waals surface area contributed by atoms with Crippen molar-refractivity contribution in [2.45, 2.75) is 25.5 Å². The van der Waals surface area contributed by atoms with E-state index in [-0.39, 0.29) is 43.4 Å². The van der Waals surface area contributed by atoms with Crippen LogP contribution in [0.5, 0.6) is 5.75 Å². The highest BCUT2D eigenvalue weighted by Gasteiger charge is 2.39. The summed E-state index contributed by atoms with van der Waals surface area (Å²) in [6.07, 6.45) is 2.29. The number of pyridine rings is 1. The number of nitrogens with one attached hydrogen (secondary N) is 1. The number of nitrogens with zero attached hydrogens (tertiary/aromatic N) is 6. The number of hydrogen-bond donors (Lipinski definition) is 2. The van der Waals surface area contributed by atoms with Gasteiger partial charge in [0.15, 0.2) is 11.6 Å². The van der Waals surface area contributed by atoms with Crippen molar-refractivity contribution in [3.05, 3.63) is 64.7 Å². The van der Waals surface area contributed by atoms with Gasteiger partial charge in [0, 0.05) is 43.9 Å². The summed E-state index contributed by atoms with van der Waals surface area (Å²) in [5.41, 5.74) is 1.73. The number of halogens is 3. The Balaban J connectivity index is 1.25. The van der Waals surface area contributed by atoms with Crippen LogP contribution >= 0.6 is 0 Å². The van der Waals surface area contributed by atoms with E-state index >= 15 is 0 Å². The zero-order valence-electron chi connectivity index (χ0n) is 21.6. The summed E-state index contributed by atoms with van der Waals surface area (Å²) < 4.78 is 49.2. The Bertz CT molecular complexity index is 1470. The predicted molar refractivity (Wildman–Crippen MR) is 136 cm³/mol. The standard InChI is InChI=1S/C26H26F3N7O4/c1-14-23(33-34(2)24(14)25(38)30-5-6-37)20-10-22(19(29)11-31-20)40-18-12-35(13-18)26(39)36-21(3-4-32-36)15-7-16(27)9-17(28)8-15/h4,7-11,18,21,37H,3,5-6,12-13H2,1-2H3,(H,30,38). The summed E-state index contributed by atoms with van der Waals surface area (Å²) in [5, 5.41) is 21.1. The maximum absolute atomic E-state index is 14.6. The van der Waals surface area contributed by atoms with E-state index in [0.29, 0.717) is 23.2 Å². The van der Waals surface area contributed by atoms with E-state index in [9.17, 15) is 22.8 Å². The van der Waals surface area contributed by atoms with E-state index in [1.165, 1.54) is 39.0 Å². The van der Waals surface area contributed by atoms with Gasteiger partial charge >= 0.3 is 6.03 Å². The Kier molecular flexibility index (Phi) is 7.43. The number of carbonyl (C=O) groups is 2. The van der Waals surface area contributed by atoms with Crippen LogP contribution in [0.25, 0.3) is 11.4 Å². The lowest BCUT2D eigenvalue weighted by Crippen LogP contribution is -2.58. The second kappa shape index (κ2) is 11.0. The summed E-state index contributed by atoms with van der Waals surface area (Å²) in [7, 11) is 1.59. The number of aliphatic hydroxyl groups excluding tert-OH is 1. The van der Waals surface area contributed by atoms with Crippen LogP contribution in [0.3, 0.4) is 0 Å². The summed E-state index contributed by atoms with van der Waals surface area (Å²) in [5.74, 6) is -2.70. The number of amides is 3. The first-order valence-electron chi connectivity index (χ1n) is 12.5. The molecule has 3 aromatic rings. The molecule has 2 aliphatic rings. The molecule has 11 nitrogen and oxygen atoms in total. The number of ether oxygens (including phenoxy) is 1. The molecule has 1 atom stereocenters. The Hall–Kier alpha value is -4.46. The van der Waals surface area contributed by atoms with Crippen molar-refractivity contribution in [2.75, 3.05) is 26.2 Å². The fourth-order valence-electron chi connectivity index (χ4n) is 4.72. The van der Waals surface area contributed by atoms with Crippen LogP contribution in [-0.4, -0.2) is 80.3 Å². The molecule has 0 bridgehead atoms. The SMILES string of the molecule is Cc1c(-c2cc(OC3CN(C(=O)N4N=CCC4c4cc(F)cc(F)c4)C3)c(F)cn2)nn(C)c1C(=O)NCCO. The third-order valence-electron chi connectivity index (χ3n) is 6.67. The lowest BCUT2D eigenvalue weighted by molar-refractivity contribution is 0.0256. The number of benzene rings is 1. The molecule has 40 heavy (non-hydrogen) atoms. The van der Waals surface area contributed by atoms with Crippen LogP contribution in [-0.2, 0) is 7.05 Å². The van der Waals surface area contributed by atoms with E-state index < -0.39 is 41.5 Å². The van der Waals surface area contributed by atoms with Crippen molar-refractivity contribution >= 4 is 18.2 Å². The Morgan fingerprint density at radius 2 is 1.88 bits per heavy atom. The highest BCUT2D eigenvalue weighted by molar-refractivity contribution is 5.95. The Morgan fingerprint density at radius 1 is 1.15 bits per heavy atom. The lowest BCUT2D eigenvalue weighted by atomic mass is 10.0. The highest BCUT2D eigenvalue weighted by Crippen LogP contribution is 2.33. The summed E-state index contributed by atoms with van der Waals surface area (Å²) >= 11 is 0. The van der Waals surface area contributed by atoms with Crippen molar-refractivity contribution in [3.63, 3.8) is 0 Å². The summed E-state index contributed by atoms with van der Waals surface area (Å²) in [6.45, 7) is 1.84. The van der Waals surface area contributed by atoms with Crippen LogP contribution in [0.4, 0.5) is 18.0 Å². The van der Waals surface area contributed by atoms with Crippen LogP contribution in [0.2, 0.25) is 0 Å². The van der Waals surface area contributed by atoms with E-state index in [2.05, 4.69) is 20.5 Å². The monoisotopic (exact) mass is 557 g/mol. The molecule has 4 heterocycles. The van der Waals surface area contributed by atoms with E-state index in [0.717, 1.165) is 12.3 Å². The minimum absolute atomic E-state index is 0.0839. The molecule has 14 heteroatoms. The van der Waals surface area contributed by atoms with Gasteiger partial charge in [-0.25, -0.2) is 23.0 Å². The molecule has 2 N–H and O–H groups in total. The van der Waals surface area contributed by atoms with Crippen molar-refractivity contribution in [1.29, 1.82) is 0 Å². The van der Waals surface area contributed by atoms with E-state index in [1.807, 2.05) is 0 Å². The molecule has 1 saturated heterocycles. The number of rotatable bonds is 7. The maximum Gasteiger partial charge on any atom is 0.341 e. The van der Waals surface area contributed by atoms with Gasteiger partial charge in [0.25, 0.3) is 5.91 Å². The number of hydrogen-bond acceptors (Lipinski definition) is 7. The summed E-state index contributed by atoms with van der Waals surface area (Å²) in [6, 6.07) is 3.37. The topological polar surface area (TPSA) is 125 Å². The molecule has 0 saturated carbocycles. The van der Waals surface area contributed by atoms with Crippen LogP contribution in [0.15, 0.2) is 35.6 Å². The van der Waals surface area contributed by atoms with Gasteiger partial charge in [-0.05, 0) is 24.6 Å². The van der Waals surface area contributed by atoms with Gasteiger partial charge in [0.05, 0.1) is 37.6 Å². The first kappa shape index (κ1) is 27.1. The molecule has 0 aliphatic carbocycles. The molecule has 0 spiro atoms. The molecule has 0 radical (unpaired) electrons.